The third-order valence-electron chi connectivity index (χ3n) is 2.24. The molecule has 1 aliphatic rings. The Morgan fingerprint density at radius 3 is 2.67 bits per heavy atom. The van der Waals surface area contributed by atoms with E-state index in [1.165, 1.54) is 0 Å². The molecule has 1 fully saturated rings. The lowest BCUT2D eigenvalue weighted by Crippen LogP contribution is -1.90. The molecule has 12 heavy (non-hydrogen) atoms. The zero-order chi connectivity index (χ0) is 8.55. The van der Waals surface area contributed by atoms with E-state index in [1.54, 1.807) is 12.1 Å². The molecule has 1 aliphatic carbocycles. The number of aromatic hydroxyl groups is 1. The Morgan fingerprint density at radius 2 is 2.08 bits per heavy atom. The first-order chi connectivity index (χ1) is 5.83. The molecule has 0 aliphatic heterocycles. The molecule has 1 aromatic rings. The van der Waals surface area contributed by atoms with Crippen LogP contribution in [-0.4, -0.2) is 10.2 Å². The Labute approximate surface area is 71.5 Å². The lowest BCUT2D eigenvalue weighted by molar-refractivity contribution is 0.410. The van der Waals surface area contributed by atoms with Crippen molar-refractivity contribution in [1.82, 2.24) is 0 Å². The van der Waals surface area contributed by atoms with Gasteiger partial charge in [0.25, 0.3) is 0 Å². The molecule has 63 valence electrons. The van der Waals surface area contributed by atoms with E-state index in [0.29, 0.717) is 11.7 Å². The minimum atomic E-state index is 0.306. The summed E-state index contributed by atoms with van der Waals surface area (Å²) in [5.41, 5.74) is 1.65. The minimum absolute atomic E-state index is 0.306. The highest BCUT2D eigenvalue weighted by molar-refractivity contribution is 5.46. The molecule has 2 N–H and O–H groups in total. The van der Waals surface area contributed by atoms with Gasteiger partial charge in [0.15, 0.2) is 0 Å². The Bertz CT molecular complexity index is 290. The van der Waals surface area contributed by atoms with Gasteiger partial charge in [-0.05, 0) is 30.4 Å². The number of phenolic OH excluding ortho intramolecular Hbond substituents is 1. The van der Waals surface area contributed by atoms with Crippen LogP contribution in [0.3, 0.4) is 0 Å². The molecule has 1 saturated carbocycles. The lowest BCUT2D eigenvalue weighted by Gasteiger charge is -2.06. The van der Waals surface area contributed by atoms with Crippen LogP contribution < -0.4 is 0 Å². The maximum atomic E-state index is 9.50. The van der Waals surface area contributed by atoms with E-state index in [2.05, 4.69) is 0 Å². The van der Waals surface area contributed by atoms with Gasteiger partial charge in [-0.2, -0.15) is 0 Å². The standard InChI is InChI=1S/C10H11O2/c11-6-8-2-1-3-9(12)10(8)7-4-5-7/h1-3,6-7,11-12H,4-5H2. The van der Waals surface area contributed by atoms with Crippen molar-refractivity contribution in [3.05, 3.63) is 35.9 Å². The molecule has 0 spiro atoms. The SMILES string of the molecule is O[CH]c1cccc(O)c1C1CC1. The van der Waals surface area contributed by atoms with E-state index < -0.39 is 0 Å². The Kier molecular flexibility index (Phi) is 1.77. The van der Waals surface area contributed by atoms with Gasteiger partial charge in [0.2, 0.25) is 0 Å². The molecule has 2 heteroatoms. The molecule has 0 amide bonds. The first-order valence-electron chi connectivity index (χ1n) is 4.12. The lowest BCUT2D eigenvalue weighted by atomic mass is 10.0. The summed E-state index contributed by atoms with van der Waals surface area (Å²) in [7, 11) is 0. The fraction of sp³-hybridized carbons (Fsp3) is 0.300. The molecule has 1 aromatic carbocycles. The van der Waals surface area contributed by atoms with Crippen molar-refractivity contribution < 1.29 is 10.2 Å². The first kappa shape index (κ1) is 7.62. The van der Waals surface area contributed by atoms with E-state index in [9.17, 15) is 5.11 Å². The molecular weight excluding hydrogens is 152 g/mol. The van der Waals surface area contributed by atoms with Crippen LogP contribution in [0.2, 0.25) is 0 Å². The number of aliphatic hydroxyl groups is 1. The molecule has 2 rings (SSSR count). The summed E-state index contributed by atoms with van der Waals surface area (Å²) in [6.45, 7) is 1.06. The predicted octanol–water partition coefficient (Wildman–Crippen LogP) is 2.15. The van der Waals surface area contributed by atoms with Crippen LogP contribution in [0.1, 0.15) is 29.9 Å². The summed E-state index contributed by atoms with van der Waals surface area (Å²) in [6.07, 6.45) is 2.25. The van der Waals surface area contributed by atoms with Crippen LogP contribution in [-0.2, 0) is 0 Å². The molecule has 0 atom stereocenters. The maximum absolute atomic E-state index is 9.50. The summed E-state index contributed by atoms with van der Waals surface area (Å²) in [5.74, 6) is 0.768. The molecule has 0 saturated heterocycles. The van der Waals surface area contributed by atoms with Crippen LogP contribution in [0.15, 0.2) is 18.2 Å². The third-order valence-corrected chi connectivity index (χ3v) is 2.24. The third kappa shape index (κ3) is 1.18. The second kappa shape index (κ2) is 2.79. The quantitative estimate of drug-likeness (QED) is 0.701. The van der Waals surface area contributed by atoms with Crippen molar-refractivity contribution in [2.24, 2.45) is 0 Å². The zero-order valence-electron chi connectivity index (χ0n) is 6.70. The average molecular weight is 163 g/mol. The highest BCUT2D eigenvalue weighted by Crippen LogP contribution is 2.45. The van der Waals surface area contributed by atoms with Gasteiger partial charge in [0.1, 0.15) is 12.4 Å². The van der Waals surface area contributed by atoms with Crippen LogP contribution in [0.4, 0.5) is 0 Å². The van der Waals surface area contributed by atoms with Crippen molar-refractivity contribution in [2.75, 3.05) is 0 Å². The monoisotopic (exact) mass is 163 g/mol. The number of aliphatic hydroxyl groups excluding tert-OH is 1. The van der Waals surface area contributed by atoms with Crippen molar-refractivity contribution in [3.8, 4) is 5.75 Å². The number of rotatable bonds is 2. The highest BCUT2D eigenvalue weighted by Gasteiger charge is 2.28. The second-order valence-corrected chi connectivity index (χ2v) is 3.18. The largest absolute Gasteiger partial charge is 0.508 e. The van der Waals surface area contributed by atoms with E-state index >= 15 is 0 Å². The predicted molar refractivity (Wildman–Crippen MR) is 45.4 cm³/mol. The maximum Gasteiger partial charge on any atom is 0.119 e. The summed E-state index contributed by atoms with van der Waals surface area (Å²) >= 11 is 0. The van der Waals surface area contributed by atoms with E-state index in [0.717, 1.165) is 30.6 Å². The zero-order valence-corrected chi connectivity index (χ0v) is 6.70. The van der Waals surface area contributed by atoms with Gasteiger partial charge >= 0.3 is 0 Å². The van der Waals surface area contributed by atoms with Crippen LogP contribution in [0.25, 0.3) is 0 Å². The van der Waals surface area contributed by atoms with Gasteiger partial charge < -0.3 is 10.2 Å². The van der Waals surface area contributed by atoms with Gasteiger partial charge in [-0.15, -0.1) is 0 Å². The van der Waals surface area contributed by atoms with E-state index in [1.807, 2.05) is 6.07 Å². The molecular formula is C10H11O2. The highest BCUT2D eigenvalue weighted by atomic mass is 16.3. The number of hydrogen-bond donors (Lipinski definition) is 2. The molecule has 0 heterocycles. The number of hydrogen-bond acceptors (Lipinski definition) is 2. The smallest absolute Gasteiger partial charge is 0.119 e. The van der Waals surface area contributed by atoms with Gasteiger partial charge in [-0.1, -0.05) is 12.1 Å². The molecule has 0 unspecified atom stereocenters. The van der Waals surface area contributed by atoms with Crippen molar-refractivity contribution >= 4 is 0 Å². The Balaban J connectivity index is 2.45. The fourth-order valence-electron chi connectivity index (χ4n) is 1.50. The molecule has 0 bridgehead atoms. The second-order valence-electron chi connectivity index (χ2n) is 3.18. The average Bonchev–Trinajstić information content (AvgIpc) is 2.87. The van der Waals surface area contributed by atoms with Crippen LogP contribution in [0.5, 0.6) is 5.75 Å². The first-order valence-corrected chi connectivity index (χ1v) is 4.12. The Hall–Kier alpha value is -1.02. The molecule has 1 radical (unpaired) electrons. The summed E-state index contributed by atoms with van der Waals surface area (Å²) in [6, 6.07) is 5.22. The van der Waals surface area contributed by atoms with Crippen molar-refractivity contribution in [2.45, 2.75) is 18.8 Å². The van der Waals surface area contributed by atoms with Crippen LogP contribution in [0, 0.1) is 6.61 Å². The number of benzene rings is 1. The summed E-state index contributed by atoms with van der Waals surface area (Å²) in [4.78, 5) is 0. The minimum Gasteiger partial charge on any atom is -0.508 e. The van der Waals surface area contributed by atoms with E-state index in [4.69, 9.17) is 5.11 Å². The summed E-state index contributed by atoms with van der Waals surface area (Å²) in [5, 5.41) is 18.4. The molecule has 0 aromatic heterocycles. The van der Waals surface area contributed by atoms with Crippen molar-refractivity contribution in [3.63, 3.8) is 0 Å². The Morgan fingerprint density at radius 1 is 1.33 bits per heavy atom. The van der Waals surface area contributed by atoms with Gasteiger partial charge in [0, 0.05) is 5.56 Å². The number of phenols is 1. The normalized spacial score (nSPS) is 16.4. The van der Waals surface area contributed by atoms with E-state index in [-0.39, 0.29) is 0 Å². The van der Waals surface area contributed by atoms with Crippen LogP contribution >= 0.6 is 0 Å². The summed E-state index contributed by atoms with van der Waals surface area (Å²) < 4.78 is 0. The van der Waals surface area contributed by atoms with Gasteiger partial charge in [0.05, 0.1) is 0 Å². The van der Waals surface area contributed by atoms with Crippen molar-refractivity contribution in [1.29, 1.82) is 0 Å². The topological polar surface area (TPSA) is 40.5 Å². The fourth-order valence-corrected chi connectivity index (χ4v) is 1.50. The molecule has 2 nitrogen and oxygen atoms in total. The van der Waals surface area contributed by atoms with Gasteiger partial charge in [-0.3, -0.25) is 0 Å². The van der Waals surface area contributed by atoms with Gasteiger partial charge in [-0.25, -0.2) is 0 Å².